The summed E-state index contributed by atoms with van der Waals surface area (Å²) in [4.78, 5) is 0. The van der Waals surface area contributed by atoms with E-state index in [-0.39, 0.29) is 5.54 Å². The molecular formula is C17H33NO2. The SMILES string of the molecule is COCCCOCCC1(CNC(C)(C)C)CC2CC2C1. The molecule has 0 amide bonds. The first kappa shape index (κ1) is 16.3. The molecule has 0 bridgehead atoms. The monoisotopic (exact) mass is 283 g/mol. The molecule has 2 aliphatic rings. The minimum absolute atomic E-state index is 0.221. The van der Waals surface area contributed by atoms with Crippen molar-refractivity contribution in [3.05, 3.63) is 0 Å². The van der Waals surface area contributed by atoms with Gasteiger partial charge in [-0.2, -0.15) is 0 Å². The van der Waals surface area contributed by atoms with Gasteiger partial charge >= 0.3 is 0 Å². The molecule has 0 spiro atoms. The molecular weight excluding hydrogens is 250 g/mol. The quantitative estimate of drug-likeness (QED) is 0.659. The fourth-order valence-corrected chi connectivity index (χ4v) is 3.59. The van der Waals surface area contributed by atoms with Crippen molar-refractivity contribution in [1.29, 1.82) is 0 Å². The van der Waals surface area contributed by atoms with E-state index >= 15 is 0 Å². The first-order valence-electron chi connectivity index (χ1n) is 8.26. The largest absolute Gasteiger partial charge is 0.385 e. The molecule has 0 aliphatic heterocycles. The lowest BCUT2D eigenvalue weighted by atomic mass is 9.79. The van der Waals surface area contributed by atoms with Gasteiger partial charge in [0.15, 0.2) is 0 Å². The molecule has 0 heterocycles. The van der Waals surface area contributed by atoms with Gasteiger partial charge in [-0.15, -0.1) is 0 Å². The van der Waals surface area contributed by atoms with Crippen LogP contribution in [0.15, 0.2) is 0 Å². The van der Waals surface area contributed by atoms with Crippen LogP contribution < -0.4 is 5.32 Å². The summed E-state index contributed by atoms with van der Waals surface area (Å²) >= 11 is 0. The Morgan fingerprint density at radius 1 is 1.10 bits per heavy atom. The van der Waals surface area contributed by atoms with Crippen molar-refractivity contribution in [2.24, 2.45) is 17.3 Å². The molecule has 2 saturated carbocycles. The topological polar surface area (TPSA) is 30.5 Å². The fourth-order valence-electron chi connectivity index (χ4n) is 3.59. The van der Waals surface area contributed by atoms with E-state index in [1.54, 1.807) is 7.11 Å². The first-order valence-corrected chi connectivity index (χ1v) is 8.26. The Morgan fingerprint density at radius 3 is 2.40 bits per heavy atom. The predicted octanol–water partition coefficient (Wildman–Crippen LogP) is 3.23. The van der Waals surface area contributed by atoms with Crippen LogP contribution in [0, 0.1) is 17.3 Å². The number of hydrogen-bond donors (Lipinski definition) is 1. The second-order valence-corrected chi connectivity index (χ2v) is 7.98. The molecule has 2 fully saturated rings. The van der Waals surface area contributed by atoms with Crippen LogP contribution in [0.4, 0.5) is 0 Å². The lowest BCUT2D eigenvalue weighted by Crippen LogP contribution is -2.44. The lowest BCUT2D eigenvalue weighted by Gasteiger charge is -2.35. The molecule has 0 saturated heterocycles. The summed E-state index contributed by atoms with van der Waals surface area (Å²) in [5.74, 6) is 2.07. The highest BCUT2D eigenvalue weighted by Crippen LogP contribution is 2.60. The van der Waals surface area contributed by atoms with E-state index in [2.05, 4.69) is 26.1 Å². The third kappa shape index (κ3) is 5.01. The van der Waals surface area contributed by atoms with E-state index in [0.717, 1.165) is 44.6 Å². The van der Waals surface area contributed by atoms with Gasteiger partial charge in [0, 0.05) is 39.0 Å². The van der Waals surface area contributed by atoms with Gasteiger partial charge in [0.05, 0.1) is 0 Å². The Bertz CT molecular complexity index is 288. The smallest absolute Gasteiger partial charge is 0.0487 e. The van der Waals surface area contributed by atoms with Gasteiger partial charge in [-0.25, -0.2) is 0 Å². The van der Waals surface area contributed by atoms with Crippen molar-refractivity contribution in [3.63, 3.8) is 0 Å². The Hall–Kier alpha value is -0.120. The van der Waals surface area contributed by atoms with Crippen molar-refractivity contribution in [1.82, 2.24) is 5.32 Å². The van der Waals surface area contributed by atoms with Crippen molar-refractivity contribution in [2.75, 3.05) is 33.5 Å². The highest BCUT2D eigenvalue weighted by molar-refractivity contribution is 5.04. The first-order chi connectivity index (χ1) is 9.44. The van der Waals surface area contributed by atoms with Crippen LogP contribution in [0.1, 0.15) is 52.9 Å². The van der Waals surface area contributed by atoms with Crippen LogP contribution >= 0.6 is 0 Å². The van der Waals surface area contributed by atoms with Crippen LogP contribution in [-0.2, 0) is 9.47 Å². The lowest BCUT2D eigenvalue weighted by molar-refractivity contribution is 0.0708. The maximum absolute atomic E-state index is 5.80. The van der Waals surface area contributed by atoms with Gasteiger partial charge in [0.1, 0.15) is 0 Å². The summed E-state index contributed by atoms with van der Waals surface area (Å²) in [6.45, 7) is 10.5. The van der Waals surface area contributed by atoms with Gasteiger partial charge in [-0.05, 0) is 70.1 Å². The van der Waals surface area contributed by atoms with Gasteiger partial charge in [0.2, 0.25) is 0 Å². The molecule has 0 aromatic carbocycles. The summed E-state index contributed by atoms with van der Waals surface area (Å²) in [6.07, 6.45) is 6.56. The number of fused-ring (bicyclic) bond motifs is 1. The Kier molecular flexibility index (Phi) is 5.49. The van der Waals surface area contributed by atoms with Crippen molar-refractivity contribution < 1.29 is 9.47 Å². The number of rotatable bonds is 9. The molecule has 0 aromatic rings. The summed E-state index contributed by atoms with van der Waals surface area (Å²) in [5.41, 5.74) is 0.723. The summed E-state index contributed by atoms with van der Waals surface area (Å²) in [5, 5.41) is 3.73. The summed E-state index contributed by atoms with van der Waals surface area (Å²) < 4.78 is 10.8. The van der Waals surface area contributed by atoms with Crippen LogP contribution in [0.25, 0.3) is 0 Å². The molecule has 2 unspecified atom stereocenters. The normalized spacial score (nSPS) is 32.4. The standard InChI is InChI=1S/C17H33NO2/c1-16(2,3)18-13-17(11-14-10-15(14)12-17)6-9-20-8-5-7-19-4/h14-15,18H,5-13H2,1-4H3. The highest BCUT2D eigenvalue weighted by Gasteiger charge is 2.53. The number of hydrogen-bond acceptors (Lipinski definition) is 3. The van der Waals surface area contributed by atoms with E-state index in [1.165, 1.54) is 25.7 Å². The minimum atomic E-state index is 0.221. The molecule has 3 nitrogen and oxygen atoms in total. The van der Waals surface area contributed by atoms with Crippen LogP contribution in [0.5, 0.6) is 0 Å². The van der Waals surface area contributed by atoms with E-state index in [9.17, 15) is 0 Å². The second kappa shape index (κ2) is 6.76. The zero-order valence-electron chi connectivity index (χ0n) is 13.8. The molecule has 0 aromatic heterocycles. The highest BCUT2D eigenvalue weighted by atomic mass is 16.5. The average molecular weight is 283 g/mol. The van der Waals surface area contributed by atoms with Gasteiger partial charge in [-0.3, -0.25) is 0 Å². The van der Waals surface area contributed by atoms with E-state index in [0.29, 0.717) is 5.41 Å². The maximum Gasteiger partial charge on any atom is 0.0487 e. The molecule has 2 rings (SSSR count). The van der Waals surface area contributed by atoms with Crippen LogP contribution in [0.2, 0.25) is 0 Å². The Labute approximate surface area is 124 Å². The number of ether oxygens (including phenoxy) is 2. The predicted molar refractivity (Wildman–Crippen MR) is 82.9 cm³/mol. The van der Waals surface area contributed by atoms with Gasteiger partial charge in [0.25, 0.3) is 0 Å². The Balaban J connectivity index is 1.70. The van der Waals surface area contributed by atoms with Gasteiger partial charge < -0.3 is 14.8 Å². The van der Waals surface area contributed by atoms with Crippen LogP contribution in [-0.4, -0.2) is 39.0 Å². The van der Waals surface area contributed by atoms with Crippen molar-refractivity contribution in [3.8, 4) is 0 Å². The van der Waals surface area contributed by atoms with E-state index in [1.807, 2.05) is 0 Å². The molecule has 2 aliphatic carbocycles. The third-order valence-electron chi connectivity index (χ3n) is 4.87. The van der Waals surface area contributed by atoms with Crippen molar-refractivity contribution in [2.45, 2.75) is 58.4 Å². The number of nitrogens with one attached hydrogen (secondary N) is 1. The van der Waals surface area contributed by atoms with Crippen molar-refractivity contribution >= 4 is 0 Å². The molecule has 20 heavy (non-hydrogen) atoms. The second-order valence-electron chi connectivity index (χ2n) is 7.98. The van der Waals surface area contributed by atoms with E-state index in [4.69, 9.17) is 9.47 Å². The zero-order chi connectivity index (χ0) is 14.6. The molecule has 1 N–H and O–H groups in total. The Morgan fingerprint density at radius 2 is 1.80 bits per heavy atom. The third-order valence-corrected chi connectivity index (χ3v) is 4.87. The molecule has 2 atom stereocenters. The van der Waals surface area contributed by atoms with E-state index < -0.39 is 0 Å². The maximum atomic E-state index is 5.80. The molecule has 118 valence electrons. The molecule has 3 heteroatoms. The van der Waals surface area contributed by atoms with Gasteiger partial charge in [-0.1, -0.05) is 0 Å². The fraction of sp³-hybridized carbons (Fsp3) is 1.00. The average Bonchev–Trinajstić information content (AvgIpc) is 2.99. The number of methoxy groups -OCH3 is 1. The summed E-state index contributed by atoms with van der Waals surface area (Å²) in [6, 6.07) is 0. The minimum Gasteiger partial charge on any atom is -0.385 e. The molecule has 0 radical (unpaired) electrons. The summed E-state index contributed by atoms with van der Waals surface area (Å²) in [7, 11) is 1.75. The van der Waals surface area contributed by atoms with Crippen LogP contribution in [0.3, 0.4) is 0 Å². The zero-order valence-corrected chi connectivity index (χ0v) is 13.8.